The summed E-state index contributed by atoms with van der Waals surface area (Å²) < 4.78 is 1.95. The Morgan fingerprint density at radius 3 is 3.22 bits per heavy atom. The fourth-order valence-electron chi connectivity index (χ4n) is 2.65. The van der Waals surface area contributed by atoms with Crippen molar-refractivity contribution in [2.24, 2.45) is 7.05 Å². The van der Waals surface area contributed by atoms with Crippen LogP contribution in [-0.4, -0.2) is 26.9 Å². The van der Waals surface area contributed by atoms with Gasteiger partial charge >= 0.3 is 5.97 Å². The van der Waals surface area contributed by atoms with Crippen LogP contribution >= 0.6 is 0 Å². The van der Waals surface area contributed by atoms with Gasteiger partial charge < -0.3 is 10.4 Å². The molecule has 2 N–H and O–H groups in total. The van der Waals surface area contributed by atoms with Crippen molar-refractivity contribution in [2.45, 2.75) is 51.1 Å². The maximum absolute atomic E-state index is 10.6. The monoisotopic (exact) mass is 251 g/mol. The van der Waals surface area contributed by atoms with Gasteiger partial charge in [-0.25, -0.2) is 0 Å². The Hall–Kier alpha value is -1.36. The van der Waals surface area contributed by atoms with E-state index in [1.54, 1.807) is 0 Å². The lowest BCUT2D eigenvalue weighted by Gasteiger charge is -2.27. The van der Waals surface area contributed by atoms with Crippen LogP contribution in [-0.2, 0) is 18.3 Å². The molecule has 0 spiro atoms. The standard InChI is InChI=1S/C13H21N3O2/c1-9(6-7-13(17)18)15-11-4-3-5-12-10(11)8-14-16(12)2/h8-9,11,15H,3-7H2,1-2H3,(H,17,18). The van der Waals surface area contributed by atoms with Gasteiger partial charge in [0.05, 0.1) is 6.20 Å². The molecule has 1 heterocycles. The molecule has 1 aliphatic carbocycles. The Morgan fingerprint density at radius 2 is 2.50 bits per heavy atom. The zero-order chi connectivity index (χ0) is 13.1. The Bertz CT molecular complexity index is 428. The highest BCUT2D eigenvalue weighted by atomic mass is 16.4. The van der Waals surface area contributed by atoms with Gasteiger partial charge in [0.25, 0.3) is 0 Å². The third-order valence-electron chi connectivity index (χ3n) is 3.65. The fourth-order valence-corrected chi connectivity index (χ4v) is 2.65. The molecule has 2 unspecified atom stereocenters. The number of fused-ring (bicyclic) bond motifs is 1. The molecule has 0 amide bonds. The number of nitrogens with zero attached hydrogens (tertiary/aromatic N) is 2. The van der Waals surface area contributed by atoms with Crippen molar-refractivity contribution in [3.8, 4) is 0 Å². The van der Waals surface area contributed by atoms with Gasteiger partial charge in [-0.15, -0.1) is 0 Å². The number of carbonyl (C=O) groups is 1. The maximum Gasteiger partial charge on any atom is 0.303 e. The summed E-state index contributed by atoms with van der Waals surface area (Å²) in [7, 11) is 1.98. The van der Waals surface area contributed by atoms with Gasteiger partial charge in [-0.2, -0.15) is 5.10 Å². The van der Waals surface area contributed by atoms with E-state index in [-0.39, 0.29) is 12.5 Å². The van der Waals surface area contributed by atoms with E-state index in [9.17, 15) is 4.79 Å². The van der Waals surface area contributed by atoms with Gasteiger partial charge in [0.15, 0.2) is 0 Å². The van der Waals surface area contributed by atoms with E-state index in [4.69, 9.17) is 5.11 Å². The highest BCUT2D eigenvalue weighted by molar-refractivity contribution is 5.66. The number of carboxylic acid groups (broad SMARTS) is 1. The maximum atomic E-state index is 10.6. The summed E-state index contributed by atoms with van der Waals surface area (Å²) >= 11 is 0. The third kappa shape index (κ3) is 2.90. The lowest BCUT2D eigenvalue weighted by atomic mass is 9.92. The predicted octanol–water partition coefficient (Wildman–Crippen LogP) is 1.64. The number of carboxylic acids is 1. The number of rotatable bonds is 5. The summed E-state index contributed by atoms with van der Waals surface area (Å²) in [5, 5.41) is 16.5. The number of aryl methyl sites for hydroxylation is 1. The van der Waals surface area contributed by atoms with Gasteiger partial charge in [0.1, 0.15) is 0 Å². The van der Waals surface area contributed by atoms with E-state index in [1.807, 2.05) is 24.9 Å². The average Bonchev–Trinajstić information content (AvgIpc) is 2.70. The molecule has 0 saturated carbocycles. The minimum atomic E-state index is -0.727. The second-order valence-corrected chi connectivity index (χ2v) is 5.12. The quantitative estimate of drug-likeness (QED) is 0.835. The van der Waals surface area contributed by atoms with Gasteiger partial charge in [-0.1, -0.05) is 0 Å². The summed E-state index contributed by atoms with van der Waals surface area (Å²) in [6, 6.07) is 0.545. The lowest BCUT2D eigenvalue weighted by molar-refractivity contribution is -0.137. The zero-order valence-corrected chi connectivity index (χ0v) is 11.0. The summed E-state index contributed by atoms with van der Waals surface area (Å²) in [4.78, 5) is 10.6. The molecule has 0 radical (unpaired) electrons. The first kappa shape index (κ1) is 13.1. The van der Waals surface area contributed by atoms with Crippen molar-refractivity contribution in [3.63, 3.8) is 0 Å². The van der Waals surface area contributed by atoms with Crippen LogP contribution in [0.15, 0.2) is 6.20 Å². The fraction of sp³-hybridized carbons (Fsp3) is 0.692. The number of hydrogen-bond acceptors (Lipinski definition) is 3. The molecule has 18 heavy (non-hydrogen) atoms. The first-order valence-corrected chi connectivity index (χ1v) is 6.56. The van der Waals surface area contributed by atoms with E-state index in [2.05, 4.69) is 10.4 Å². The second kappa shape index (κ2) is 5.52. The molecule has 2 rings (SSSR count). The van der Waals surface area contributed by atoms with Gasteiger partial charge in [0, 0.05) is 36.8 Å². The molecule has 0 aromatic carbocycles. The van der Waals surface area contributed by atoms with Crippen molar-refractivity contribution in [2.75, 3.05) is 0 Å². The zero-order valence-electron chi connectivity index (χ0n) is 11.0. The highest BCUT2D eigenvalue weighted by Gasteiger charge is 2.24. The van der Waals surface area contributed by atoms with E-state index in [1.165, 1.54) is 11.3 Å². The molecule has 1 aromatic heterocycles. The smallest absolute Gasteiger partial charge is 0.303 e. The molecule has 1 aliphatic rings. The molecule has 1 aromatic rings. The number of aromatic nitrogens is 2. The molecule has 5 nitrogen and oxygen atoms in total. The van der Waals surface area contributed by atoms with Crippen LogP contribution in [0.1, 0.15) is 49.9 Å². The first-order valence-electron chi connectivity index (χ1n) is 6.56. The molecule has 5 heteroatoms. The van der Waals surface area contributed by atoms with Crippen LogP contribution in [0.3, 0.4) is 0 Å². The molecule has 0 aliphatic heterocycles. The number of nitrogens with one attached hydrogen (secondary N) is 1. The summed E-state index contributed by atoms with van der Waals surface area (Å²) in [5.41, 5.74) is 2.59. The highest BCUT2D eigenvalue weighted by Crippen LogP contribution is 2.29. The van der Waals surface area contributed by atoms with Gasteiger partial charge in [0.2, 0.25) is 0 Å². The summed E-state index contributed by atoms with van der Waals surface area (Å²) in [5.74, 6) is -0.727. The molecule has 0 fully saturated rings. The van der Waals surface area contributed by atoms with E-state index in [0.29, 0.717) is 12.5 Å². The summed E-state index contributed by atoms with van der Waals surface area (Å²) in [6.07, 6.45) is 6.19. The van der Waals surface area contributed by atoms with Gasteiger partial charge in [-0.3, -0.25) is 9.48 Å². The van der Waals surface area contributed by atoms with Gasteiger partial charge in [-0.05, 0) is 32.6 Å². The van der Waals surface area contributed by atoms with E-state index >= 15 is 0 Å². The van der Waals surface area contributed by atoms with Crippen molar-refractivity contribution in [1.82, 2.24) is 15.1 Å². The number of aliphatic carboxylic acids is 1. The average molecular weight is 251 g/mol. The lowest BCUT2D eigenvalue weighted by Crippen LogP contribution is -2.33. The van der Waals surface area contributed by atoms with Crippen molar-refractivity contribution >= 4 is 5.97 Å². The Labute approximate surface area is 107 Å². The van der Waals surface area contributed by atoms with Crippen LogP contribution in [0.2, 0.25) is 0 Å². The van der Waals surface area contributed by atoms with E-state index in [0.717, 1.165) is 19.3 Å². The predicted molar refractivity (Wildman–Crippen MR) is 68.4 cm³/mol. The molecular formula is C13H21N3O2. The molecule has 0 bridgehead atoms. The minimum Gasteiger partial charge on any atom is -0.481 e. The second-order valence-electron chi connectivity index (χ2n) is 5.12. The molecule has 100 valence electrons. The topological polar surface area (TPSA) is 67.2 Å². The molecule has 0 saturated heterocycles. The van der Waals surface area contributed by atoms with Crippen molar-refractivity contribution in [1.29, 1.82) is 0 Å². The Balaban J connectivity index is 1.96. The van der Waals surface area contributed by atoms with Crippen LogP contribution in [0.4, 0.5) is 0 Å². The Kier molecular flexibility index (Phi) is 4.01. The third-order valence-corrected chi connectivity index (χ3v) is 3.65. The van der Waals surface area contributed by atoms with E-state index < -0.39 is 5.97 Å². The largest absolute Gasteiger partial charge is 0.481 e. The number of hydrogen-bond donors (Lipinski definition) is 2. The Morgan fingerprint density at radius 1 is 1.72 bits per heavy atom. The van der Waals surface area contributed by atoms with Crippen LogP contribution in [0, 0.1) is 0 Å². The normalized spacial score (nSPS) is 20.4. The molecular weight excluding hydrogens is 230 g/mol. The van der Waals surface area contributed by atoms with Crippen LogP contribution in [0.5, 0.6) is 0 Å². The van der Waals surface area contributed by atoms with Crippen molar-refractivity contribution in [3.05, 3.63) is 17.5 Å². The van der Waals surface area contributed by atoms with Crippen LogP contribution in [0.25, 0.3) is 0 Å². The molecule has 2 atom stereocenters. The van der Waals surface area contributed by atoms with Crippen molar-refractivity contribution < 1.29 is 9.90 Å². The minimum absolute atomic E-state index is 0.220. The van der Waals surface area contributed by atoms with Crippen LogP contribution < -0.4 is 5.32 Å². The summed E-state index contributed by atoms with van der Waals surface area (Å²) in [6.45, 7) is 2.05. The first-order chi connectivity index (χ1) is 8.58. The SMILES string of the molecule is CC(CCC(=O)O)NC1CCCc2c1cnn2C.